The second-order valence-electron chi connectivity index (χ2n) is 12.4. The van der Waals surface area contributed by atoms with Gasteiger partial charge in [0, 0.05) is 32.8 Å². The van der Waals surface area contributed by atoms with Gasteiger partial charge in [-0.1, -0.05) is 152 Å². The van der Waals surface area contributed by atoms with Crippen molar-refractivity contribution < 1.29 is 0 Å². The summed E-state index contributed by atoms with van der Waals surface area (Å²) >= 11 is 0. The number of nitrogens with zero attached hydrogens (tertiary/aromatic N) is 4. The molecule has 49 heavy (non-hydrogen) atoms. The highest BCUT2D eigenvalue weighted by Gasteiger charge is 2.23. The molecule has 0 aliphatic rings. The zero-order valence-corrected chi connectivity index (χ0v) is 26.5. The van der Waals surface area contributed by atoms with Gasteiger partial charge in [-0.2, -0.15) is 0 Å². The van der Waals surface area contributed by atoms with E-state index in [0.29, 0.717) is 17.5 Å². The minimum atomic E-state index is 0.628. The normalized spacial score (nSPS) is 11.7. The van der Waals surface area contributed by atoms with Crippen LogP contribution in [0.3, 0.4) is 0 Å². The van der Waals surface area contributed by atoms with Crippen LogP contribution < -0.4 is 0 Å². The molecule has 0 amide bonds. The average Bonchev–Trinajstić information content (AvgIpc) is 3.52. The molecule has 4 nitrogen and oxygen atoms in total. The molecule has 0 bridgehead atoms. The zero-order valence-electron chi connectivity index (χ0n) is 26.5. The highest BCUT2D eigenvalue weighted by atomic mass is 15.1. The molecule has 4 heteroatoms. The first-order chi connectivity index (χ1) is 24.3. The van der Waals surface area contributed by atoms with Crippen LogP contribution in [0, 0.1) is 0 Å². The third kappa shape index (κ3) is 4.28. The van der Waals surface area contributed by atoms with Gasteiger partial charge in [0.15, 0.2) is 17.5 Å². The number of fused-ring (bicyclic) bond motifs is 9. The molecule has 2 aromatic heterocycles. The van der Waals surface area contributed by atoms with Crippen molar-refractivity contribution in [1.29, 1.82) is 0 Å². The SMILES string of the molecule is c1ccc(-c2nc(-c3ccccc3)nc(-c3ccc4c5ccccc5c5ccccc5c4c3-n3c4ccccc4c4ccccc43)n2)cc1. The molecule has 0 atom stereocenters. The van der Waals surface area contributed by atoms with Gasteiger partial charge in [-0.25, -0.2) is 15.0 Å². The number of para-hydroxylation sites is 2. The minimum absolute atomic E-state index is 0.628. The van der Waals surface area contributed by atoms with Gasteiger partial charge in [-0.15, -0.1) is 0 Å². The summed E-state index contributed by atoms with van der Waals surface area (Å²) in [5, 5.41) is 9.64. The summed E-state index contributed by atoms with van der Waals surface area (Å²) < 4.78 is 2.43. The summed E-state index contributed by atoms with van der Waals surface area (Å²) in [5.74, 6) is 1.91. The van der Waals surface area contributed by atoms with Crippen LogP contribution >= 0.6 is 0 Å². The number of aromatic nitrogens is 4. The van der Waals surface area contributed by atoms with Crippen LogP contribution in [-0.4, -0.2) is 19.5 Å². The van der Waals surface area contributed by atoms with Crippen molar-refractivity contribution in [2.45, 2.75) is 0 Å². The predicted octanol–water partition coefficient (Wildman–Crippen LogP) is 11.4. The third-order valence-corrected chi connectivity index (χ3v) is 9.63. The van der Waals surface area contributed by atoms with E-state index in [2.05, 4.69) is 138 Å². The Hall–Kier alpha value is -6.65. The van der Waals surface area contributed by atoms with Crippen LogP contribution in [-0.2, 0) is 0 Å². The van der Waals surface area contributed by atoms with Crippen molar-refractivity contribution in [3.8, 4) is 39.9 Å². The lowest BCUT2D eigenvalue weighted by molar-refractivity contribution is 1.07. The van der Waals surface area contributed by atoms with Crippen LogP contribution in [0.2, 0.25) is 0 Å². The molecule has 0 unspecified atom stereocenters. The Balaban J connectivity index is 1.42. The Morgan fingerprint density at radius 1 is 0.306 bits per heavy atom. The molecule has 0 fully saturated rings. The van der Waals surface area contributed by atoms with E-state index in [0.717, 1.165) is 33.4 Å². The molecule has 0 saturated heterocycles. The molecule has 228 valence electrons. The number of benzene rings is 8. The van der Waals surface area contributed by atoms with Gasteiger partial charge >= 0.3 is 0 Å². The van der Waals surface area contributed by atoms with Gasteiger partial charge in [0.2, 0.25) is 0 Å². The van der Waals surface area contributed by atoms with Gasteiger partial charge in [-0.05, 0) is 45.1 Å². The number of hydrogen-bond acceptors (Lipinski definition) is 3. The first-order valence-electron chi connectivity index (χ1n) is 16.6. The van der Waals surface area contributed by atoms with Crippen LogP contribution in [0.5, 0.6) is 0 Å². The Labute approximate surface area is 282 Å². The molecule has 0 aliphatic heterocycles. The smallest absolute Gasteiger partial charge is 0.166 e. The topological polar surface area (TPSA) is 43.6 Å². The molecule has 0 aliphatic carbocycles. The first kappa shape index (κ1) is 27.5. The molecule has 2 heterocycles. The van der Waals surface area contributed by atoms with Crippen LogP contribution in [0.4, 0.5) is 0 Å². The van der Waals surface area contributed by atoms with Crippen LogP contribution in [0.25, 0.3) is 94.0 Å². The number of rotatable bonds is 4. The number of hydrogen-bond donors (Lipinski definition) is 0. The van der Waals surface area contributed by atoms with Crippen molar-refractivity contribution in [2.24, 2.45) is 0 Å². The lowest BCUT2D eigenvalue weighted by Gasteiger charge is -2.20. The van der Waals surface area contributed by atoms with Crippen molar-refractivity contribution >= 4 is 54.1 Å². The van der Waals surface area contributed by atoms with Crippen molar-refractivity contribution in [3.05, 3.63) is 170 Å². The maximum atomic E-state index is 5.24. The summed E-state index contributed by atoms with van der Waals surface area (Å²) in [7, 11) is 0. The van der Waals surface area contributed by atoms with Gasteiger partial charge in [0.1, 0.15) is 0 Å². The maximum Gasteiger partial charge on any atom is 0.166 e. The van der Waals surface area contributed by atoms with E-state index >= 15 is 0 Å². The van der Waals surface area contributed by atoms with Gasteiger partial charge in [0.05, 0.1) is 16.7 Å². The molecule has 0 radical (unpaired) electrons. The Kier molecular flexibility index (Phi) is 6.15. The molecular weight excluding hydrogens is 597 g/mol. The molecule has 10 aromatic rings. The Morgan fingerprint density at radius 2 is 0.694 bits per heavy atom. The maximum absolute atomic E-state index is 5.24. The molecule has 0 spiro atoms. The first-order valence-corrected chi connectivity index (χ1v) is 16.6. The second kappa shape index (κ2) is 11.0. The van der Waals surface area contributed by atoms with Gasteiger partial charge < -0.3 is 4.57 Å². The van der Waals surface area contributed by atoms with Crippen molar-refractivity contribution in [2.75, 3.05) is 0 Å². The standard InChI is InChI=1S/C45H28N4/c1-3-15-29(16-4-1)43-46-44(30-17-5-2-6-18-30)48-45(47-43)38-28-27-37-33-21-8-7-19-31(33)32-20-9-10-24-36(32)41(37)42(38)49-39-25-13-11-22-34(39)35-23-12-14-26-40(35)49/h1-28H. The molecule has 10 rings (SSSR count). The summed E-state index contributed by atoms with van der Waals surface area (Å²) in [6.45, 7) is 0. The van der Waals surface area contributed by atoms with Crippen molar-refractivity contribution in [1.82, 2.24) is 19.5 Å². The zero-order chi connectivity index (χ0) is 32.3. The largest absolute Gasteiger partial charge is 0.308 e. The minimum Gasteiger partial charge on any atom is -0.308 e. The molecular formula is C45H28N4. The van der Waals surface area contributed by atoms with E-state index in [9.17, 15) is 0 Å². The highest BCUT2D eigenvalue weighted by molar-refractivity contribution is 6.29. The summed E-state index contributed by atoms with van der Waals surface area (Å²) in [5.41, 5.74) is 6.15. The fourth-order valence-corrected chi connectivity index (χ4v) is 7.48. The molecule has 8 aromatic carbocycles. The third-order valence-electron chi connectivity index (χ3n) is 9.63. The van der Waals surface area contributed by atoms with Crippen LogP contribution in [0.15, 0.2) is 170 Å². The van der Waals surface area contributed by atoms with Gasteiger partial charge in [-0.3, -0.25) is 0 Å². The van der Waals surface area contributed by atoms with Crippen LogP contribution in [0.1, 0.15) is 0 Å². The molecule has 0 saturated carbocycles. The lowest BCUT2D eigenvalue weighted by atomic mass is 9.91. The average molecular weight is 625 g/mol. The van der Waals surface area contributed by atoms with E-state index in [-0.39, 0.29) is 0 Å². The quantitative estimate of drug-likeness (QED) is 0.183. The summed E-state index contributed by atoms with van der Waals surface area (Å²) in [6, 6.07) is 59.7. The molecule has 0 N–H and O–H groups in total. The monoisotopic (exact) mass is 624 g/mol. The van der Waals surface area contributed by atoms with Crippen molar-refractivity contribution in [3.63, 3.8) is 0 Å². The Morgan fingerprint density at radius 3 is 1.22 bits per heavy atom. The van der Waals surface area contributed by atoms with Gasteiger partial charge in [0.25, 0.3) is 0 Å². The second-order valence-corrected chi connectivity index (χ2v) is 12.4. The van der Waals surface area contributed by atoms with E-state index in [1.165, 1.54) is 43.1 Å². The Bertz CT molecular complexity index is 2730. The predicted molar refractivity (Wildman–Crippen MR) is 203 cm³/mol. The fraction of sp³-hybridized carbons (Fsp3) is 0. The highest BCUT2D eigenvalue weighted by Crippen LogP contribution is 2.44. The summed E-state index contributed by atoms with van der Waals surface area (Å²) in [4.78, 5) is 15.5. The van der Waals surface area contributed by atoms with E-state index in [1.807, 2.05) is 36.4 Å². The summed E-state index contributed by atoms with van der Waals surface area (Å²) in [6.07, 6.45) is 0. The fourth-order valence-electron chi connectivity index (χ4n) is 7.48. The van der Waals surface area contributed by atoms with E-state index in [1.54, 1.807) is 0 Å². The van der Waals surface area contributed by atoms with E-state index < -0.39 is 0 Å². The van der Waals surface area contributed by atoms with E-state index in [4.69, 9.17) is 15.0 Å². The lowest BCUT2D eigenvalue weighted by Crippen LogP contribution is -2.05.